The molecule has 0 atom stereocenters. The maximum Gasteiger partial charge on any atom is 0.257 e. The van der Waals surface area contributed by atoms with Crippen LogP contribution >= 0.6 is 28.1 Å². The Morgan fingerprint density at radius 1 is 1.22 bits per heavy atom. The van der Waals surface area contributed by atoms with Crippen molar-refractivity contribution in [3.63, 3.8) is 0 Å². The highest BCUT2D eigenvalue weighted by Crippen LogP contribution is 2.26. The Kier molecular flexibility index (Phi) is 8.25. The van der Waals surface area contributed by atoms with E-state index in [2.05, 4.69) is 47.3 Å². The van der Waals surface area contributed by atoms with Gasteiger partial charge in [-0.1, -0.05) is 45.4 Å². The number of carbonyl (C=O) groups excluding carboxylic acids is 1. The molecule has 1 amide bonds. The van der Waals surface area contributed by atoms with Gasteiger partial charge in [0.05, 0.1) is 11.1 Å². The van der Waals surface area contributed by atoms with Gasteiger partial charge in [-0.3, -0.25) is 10.1 Å². The highest BCUT2D eigenvalue weighted by Gasteiger charge is 2.12. The lowest BCUT2D eigenvalue weighted by Gasteiger charge is -2.15. The van der Waals surface area contributed by atoms with Gasteiger partial charge in [0.1, 0.15) is 5.75 Å². The Hall–Kier alpha value is -1.92. The number of halogens is 1. The molecule has 4 nitrogen and oxygen atoms in total. The predicted molar refractivity (Wildman–Crippen MR) is 119 cm³/mol. The lowest BCUT2D eigenvalue weighted by molar-refractivity contribution is 0.0977. The number of amides is 1. The van der Waals surface area contributed by atoms with Crippen LogP contribution in [-0.2, 0) is 0 Å². The second kappa shape index (κ2) is 10.4. The van der Waals surface area contributed by atoms with E-state index in [9.17, 15) is 4.79 Å². The molecule has 0 bridgehead atoms. The Morgan fingerprint density at radius 2 is 1.96 bits per heavy atom. The van der Waals surface area contributed by atoms with Gasteiger partial charge in [0.2, 0.25) is 0 Å². The Labute approximate surface area is 174 Å². The first-order valence-corrected chi connectivity index (χ1v) is 10.3. The molecule has 0 unspecified atom stereocenters. The van der Waals surface area contributed by atoms with Crippen molar-refractivity contribution in [2.45, 2.75) is 39.5 Å². The minimum Gasteiger partial charge on any atom is -0.492 e. The molecule has 0 saturated carbocycles. The molecule has 27 heavy (non-hydrogen) atoms. The summed E-state index contributed by atoms with van der Waals surface area (Å²) in [5.41, 5.74) is 2.55. The summed E-state index contributed by atoms with van der Waals surface area (Å²) in [6.07, 6.45) is 2.06. The van der Waals surface area contributed by atoms with E-state index in [1.165, 1.54) is 0 Å². The molecule has 0 radical (unpaired) electrons. The summed E-state index contributed by atoms with van der Waals surface area (Å²) >= 11 is 8.77. The van der Waals surface area contributed by atoms with Crippen molar-refractivity contribution in [1.29, 1.82) is 0 Å². The first-order chi connectivity index (χ1) is 12.9. The molecular formula is C21H25BrN2O2S. The minimum atomic E-state index is -0.268. The zero-order valence-corrected chi connectivity index (χ0v) is 18.2. The van der Waals surface area contributed by atoms with Crippen molar-refractivity contribution in [3.05, 3.63) is 58.1 Å². The normalized spacial score (nSPS) is 10.6. The van der Waals surface area contributed by atoms with E-state index in [1.807, 2.05) is 24.3 Å². The van der Waals surface area contributed by atoms with Crippen LogP contribution in [0.4, 0.5) is 5.69 Å². The van der Waals surface area contributed by atoms with Crippen molar-refractivity contribution in [3.8, 4) is 5.75 Å². The minimum absolute atomic E-state index is 0.268. The van der Waals surface area contributed by atoms with Gasteiger partial charge in [-0.05, 0) is 70.3 Å². The molecule has 0 fully saturated rings. The third kappa shape index (κ3) is 6.33. The van der Waals surface area contributed by atoms with Crippen LogP contribution in [0.1, 0.15) is 55.5 Å². The van der Waals surface area contributed by atoms with E-state index in [0.29, 0.717) is 18.1 Å². The molecular weight excluding hydrogens is 424 g/mol. The number of ether oxygens (including phenoxy) is 1. The van der Waals surface area contributed by atoms with Gasteiger partial charge in [-0.15, -0.1) is 0 Å². The van der Waals surface area contributed by atoms with Crippen molar-refractivity contribution < 1.29 is 9.53 Å². The standard InChI is InChI=1S/C21H25BrN2O2S/c1-4-5-12-26-19-11-10-15(13-17(19)22)20(25)24-21(27)23-18-9-7-6-8-16(18)14(2)3/h6-11,13-14H,4-5,12H2,1-3H3,(H2,23,24,25,27). The van der Waals surface area contributed by atoms with Crippen LogP contribution in [0.15, 0.2) is 46.9 Å². The number of nitrogens with one attached hydrogen (secondary N) is 2. The Bertz CT molecular complexity index is 809. The summed E-state index contributed by atoms with van der Waals surface area (Å²) < 4.78 is 6.44. The molecule has 0 saturated heterocycles. The highest BCUT2D eigenvalue weighted by atomic mass is 79.9. The summed E-state index contributed by atoms with van der Waals surface area (Å²) in [4.78, 5) is 12.5. The number of unbranched alkanes of at least 4 members (excludes halogenated alkanes) is 1. The summed E-state index contributed by atoms with van der Waals surface area (Å²) in [7, 11) is 0. The molecule has 6 heteroatoms. The van der Waals surface area contributed by atoms with E-state index >= 15 is 0 Å². The van der Waals surface area contributed by atoms with Crippen LogP contribution in [0.25, 0.3) is 0 Å². The number of rotatable bonds is 7. The highest BCUT2D eigenvalue weighted by molar-refractivity contribution is 9.10. The van der Waals surface area contributed by atoms with Crippen molar-refractivity contribution >= 4 is 44.9 Å². The number of carbonyl (C=O) groups is 1. The number of anilines is 1. The number of benzene rings is 2. The maximum absolute atomic E-state index is 12.5. The fraction of sp³-hybridized carbons (Fsp3) is 0.333. The molecule has 144 valence electrons. The smallest absolute Gasteiger partial charge is 0.257 e. The maximum atomic E-state index is 12.5. The molecule has 2 aromatic carbocycles. The number of hydrogen-bond donors (Lipinski definition) is 2. The van der Waals surface area contributed by atoms with E-state index in [-0.39, 0.29) is 11.0 Å². The zero-order valence-electron chi connectivity index (χ0n) is 15.8. The fourth-order valence-electron chi connectivity index (χ4n) is 2.53. The Balaban J connectivity index is 2.00. The van der Waals surface area contributed by atoms with Gasteiger partial charge in [-0.25, -0.2) is 0 Å². The molecule has 2 N–H and O–H groups in total. The van der Waals surface area contributed by atoms with Crippen LogP contribution in [0, 0.1) is 0 Å². The summed E-state index contributed by atoms with van der Waals surface area (Å²) in [5.74, 6) is 0.810. The van der Waals surface area contributed by atoms with Gasteiger partial charge in [0, 0.05) is 11.3 Å². The first kappa shape index (κ1) is 21.4. The summed E-state index contributed by atoms with van der Waals surface area (Å²) in [6, 6.07) is 13.2. The molecule has 2 rings (SSSR count). The van der Waals surface area contributed by atoms with Gasteiger partial charge >= 0.3 is 0 Å². The van der Waals surface area contributed by atoms with Gasteiger partial charge < -0.3 is 10.1 Å². The van der Waals surface area contributed by atoms with Gasteiger partial charge in [0.25, 0.3) is 5.91 Å². The van der Waals surface area contributed by atoms with E-state index in [1.54, 1.807) is 18.2 Å². The number of hydrogen-bond acceptors (Lipinski definition) is 3. The van der Waals surface area contributed by atoms with Crippen molar-refractivity contribution in [2.24, 2.45) is 0 Å². The average Bonchev–Trinajstić information content (AvgIpc) is 2.63. The molecule has 2 aromatic rings. The molecule has 0 aliphatic carbocycles. The zero-order chi connectivity index (χ0) is 19.8. The second-order valence-electron chi connectivity index (χ2n) is 6.50. The van der Waals surface area contributed by atoms with Crippen molar-refractivity contribution in [2.75, 3.05) is 11.9 Å². The second-order valence-corrected chi connectivity index (χ2v) is 7.76. The number of thiocarbonyl (C=S) groups is 1. The van der Waals surface area contributed by atoms with E-state index < -0.39 is 0 Å². The van der Waals surface area contributed by atoms with Crippen LogP contribution in [-0.4, -0.2) is 17.6 Å². The molecule has 0 spiro atoms. The van der Waals surface area contributed by atoms with E-state index in [0.717, 1.165) is 34.3 Å². The molecule has 0 aliphatic rings. The topological polar surface area (TPSA) is 50.4 Å². The number of para-hydroxylation sites is 1. The van der Waals surface area contributed by atoms with Crippen molar-refractivity contribution in [1.82, 2.24) is 5.32 Å². The lowest BCUT2D eigenvalue weighted by Crippen LogP contribution is -2.34. The SMILES string of the molecule is CCCCOc1ccc(C(=O)NC(=S)Nc2ccccc2C(C)C)cc1Br. The van der Waals surface area contributed by atoms with E-state index in [4.69, 9.17) is 17.0 Å². The van der Waals surface area contributed by atoms with Gasteiger partial charge in [0.15, 0.2) is 5.11 Å². The molecule has 0 heterocycles. The average molecular weight is 449 g/mol. The molecule has 0 aliphatic heterocycles. The lowest BCUT2D eigenvalue weighted by atomic mass is 10.0. The third-order valence-electron chi connectivity index (χ3n) is 4.01. The Morgan fingerprint density at radius 3 is 2.63 bits per heavy atom. The quantitative estimate of drug-likeness (QED) is 0.410. The summed E-state index contributed by atoms with van der Waals surface area (Å²) in [6.45, 7) is 7.00. The van der Waals surface area contributed by atoms with Crippen LogP contribution < -0.4 is 15.4 Å². The first-order valence-electron chi connectivity index (χ1n) is 9.06. The fourth-order valence-corrected chi connectivity index (χ4v) is 3.22. The largest absolute Gasteiger partial charge is 0.492 e. The van der Waals surface area contributed by atoms with Crippen LogP contribution in [0.5, 0.6) is 5.75 Å². The monoisotopic (exact) mass is 448 g/mol. The molecule has 0 aromatic heterocycles. The summed E-state index contributed by atoms with van der Waals surface area (Å²) in [5, 5.41) is 6.12. The predicted octanol–water partition coefficient (Wildman–Crippen LogP) is 5.88. The van der Waals surface area contributed by atoms with Gasteiger partial charge in [-0.2, -0.15) is 0 Å². The van der Waals surface area contributed by atoms with Crippen LogP contribution in [0.2, 0.25) is 0 Å². The van der Waals surface area contributed by atoms with Crippen LogP contribution in [0.3, 0.4) is 0 Å². The third-order valence-corrected chi connectivity index (χ3v) is 4.83.